The molecule has 0 bridgehead atoms. The van der Waals surface area contributed by atoms with Crippen molar-refractivity contribution in [2.45, 2.75) is 18.7 Å². The minimum atomic E-state index is -3.27. The predicted octanol–water partition coefficient (Wildman–Crippen LogP) is 1.87. The van der Waals surface area contributed by atoms with Crippen LogP contribution in [-0.2, 0) is 28.7 Å². The number of fused-ring (bicyclic) bond motifs is 1. The summed E-state index contributed by atoms with van der Waals surface area (Å²) in [6.45, 7) is 1.48. The first-order valence-electron chi connectivity index (χ1n) is 8.57. The summed E-state index contributed by atoms with van der Waals surface area (Å²) in [5.41, 5.74) is 4.30. The van der Waals surface area contributed by atoms with E-state index >= 15 is 0 Å². The summed E-state index contributed by atoms with van der Waals surface area (Å²) in [6, 6.07) is 15.9. The molecule has 1 aliphatic rings. The fourth-order valence-electron chi connectivity index (χ4n) is 3.16. The lowest BCUT2D eigenvalue weighted by atomic mass is 10.1. The quantitative estimate of drug-likeness (QED) is 0.621. The van der Waals surface area contributed by atoms with Gasteiger partial charge in [-0.15, -0.1) is 0 Å². The number of hydrogen-bond acceptors (Lipinski definition) is 3. The molecule has 138 valence electrons. The minimum absolute atomic E-state index is 0.0223. The number of nitrogens with one attached hydrogen (secondary N) is 2. The maximum atomic E-state index is 11.7. The second-order valence-corrected chi connectivity index (χ2v) is 8.14. The lowest BCUT2D eigenvalue weighted by Gasteiger charge is -2.22. The Morgan fingerprint density at radius 2 is 1.92 bits per heavy atom. The van der Waals surface area contributed by atoms with Crippen LogP contribution >= 0.6 is 0 Å². The molecule has 0 saturated carbocycles. The summed E-state index contributed by atoms with van der Waals surface area (Å²) < 4.78 is 25.8. The van der Waals surface area contributed by atoms with E-state index in [0.29, 0.717) is 6.54 Å². The highest BCUT2D eigenvalue weighted by Gasteiger charge is 2.22. The molecule has 0 saturated heterocycles. The molecule has 2 aromatic rings. The van der Waals surface area contributed by atoms with Crippen molar-refractivity contribution in [2.24, 2.45) is 4.99 Å². The third kappa shape index (κ3) is 4.23. The van der Waals surface area contributed by atoms with Crippen molar-refractivity contribution in [2.75, 3.05) is 25.5 Å². The number of hydrogen-bond donors (Lipinski definition) is 2. The number of anilines is 1. The molecular weight excluding hydrogens is 348 g/mol. The first-order chi connectivity index (χ1) is 12.5. The van der Waals surface area contributed by atoms with Crippen molar-refractivity contribution in [1.82, 2.24) is 10.0 Å². The van der Waals surface area contributed by atoms with E-state index in [0.717, 1.165) is 30.1 Å². The van der Waals surface area contributed by atoms with Crippen molar-refractivity contribution >= 4 is 21.7 Å². The molecule has 0 spiro atoms. The lowest BCUT2D eigenvalue weighted by Crippen LogP contribution is -2.40. The normalized spacial score (nSPS) is 14.4. The molecule has 0 aliphatic carbocycles. The van der Waals surface area contributed by atoms with Gasteiger partial charge in [0.25, 0.3) is 0 Å². The van der Waals surface area contributed by atoms with Gasteiger partial charge < -0.3 is 10.2 Å². The number of guanidine groups is 1. The largest absolute Gasteiger partial charge is 0.352 e. The Morgan fingerprint density at radius 1 is 1.15 bits per heavy atom. The van der Waals surface area contributed by atoms with E-state index in [2.05, 4.69) is 38.1 Å². The topological polar surface area (TPSA) is 73.8 Å². The Hall–Kier alpha value is -2.38. The number of aliphatic imine (C=N–C) groups is 1. The molecule has 26 heavy (non-hydrogen) atoms. The van der Waals surface area contributed by atoms with E-state index in [1.54, 1.807) is 7.05 Å². The molecule has 0 atom stereocenters. The van der Waals surface area contributed by atoms with Gasteiger partial charge in [-0.05, 0) is 36.2 Å². The Labute approximate surface area is 155 Å². The SMILES string of the molecule is CN=C(NCc1cccc(CS(=O)(=O)NC)c1)N1CCc2ccccc21. The van der Waals surface area contributed by atoms with E-state index < -0.39 is 10.0 Å². The van der Waals surface area contributed by atoms with E-state index in [-0.39, 0.29) is 5.75 Å². The Kier molecular flexibility index (Phi) is 5.58. The summed E-state index contributed by atoms with van der Waals surface area (Å²) in [4.78, 5) is 6.59. The Morgan fingerprint density at radius 3 is 2.69 bits per heavy atom. The van der Waals surface area contributed by atoms with Crippen LogP contribution < -0.4 is 14.9 Å². The Balaban J connectivity index is 1.69. The maximum Gasteiger partial charge on any atom is 0.215 e. The van der Waals surface area contributed by atoms with Gasteiger partial charge in [0.2, 0.25) is 10.0 Å². The molecule has 0 unspecified atom stereocenters. The van der Waals surface area contributed by atoms with Gasteiger partial charge in [0, 0.05) is 25.8 Å². The second kappa shape index (κ2) is 7.88. The molecule has 0 fully saturated rings. The molecule has 3 rings (SSSR count). The monoisotopic (exact) mass is 372 g/mol. The van der Waals surface area contributed by atoms with E-state index in [9.17, 15) is 8.42 Å². The van der Waals surface area contributed by atoms with Gasteiger partial charge in [-0.3, -0.25) is 4.99 Å². The number of benzene rings is 2. The molecule has 6 nitrogen and oxygen atoms in total. The van der Waals surface area contributed by atoms with Crippen LogP contribution in [0, 0.1) is 0 Å². The van der Waals surface area contributed by atoms with Crippen LogP contribution in [0.2, 0.25) is 0 Å². The van der Waals surface area contributed by atoms with Crippen LogP contribution in [0.5, 0.6) is 0 Å². The molecule has 0 radical (unpaired) electrons. The van der Waals surface area contributed by atoms with Crippen LogP contribution in [0.1, 0.15) is 16.7 Å². The van der Waals surface area contributed by atoms with Crippen LogP contribution in [0.25, 0.3) is 0 Å². The molecular formula is C19H24N4O2S. The molecule has 7 heteroatoms. The first kappa shape index (κ1) is 18.4. The zero-order chi connectivity index (χ0) is 18.6. The minimum Gasteiger partial charge on any atom is -0.352 e. The number of sulfonamides is 1. The average Bonchev–Trinajstić information content (AvgIpc) is 3.06. The zero-order valence-corrected chi connectivity index (χ0v) is 15.9. The average molecular weight is 372 g/mol. The summed E-state index contributed by atoms with van der Waals surface area (Å²) in [5.74, 6) is 0.800. The van der Waals surface area contributed by atoms with Gasteiger partial charge in [0.1, 0.15) is 0 Å². The van der Waals surface area contributed by atoms with Crippen LogP contribution in [-0.4, -0.2) is 35.0 Å². The van der Waals surface area contributed by atoms with Crippen LogP contribution in [0.15, 0.2) is 53.5 Å². The van der Waals surface area contributed by atoms with Crippen LogP contribution in [0.4, 0.5) is 5.69 Å². The predicted molar refractivity (Wildman–Crippen MR) is 106 cm³/mol. The molecule has 1 aliphatic heterocycles. The molecule has 2 N–H and O–H groups in total. The van der Waals surface area contributed by atoms with Crippen LogP contribution in [0.3, 0.4) is 0 Å². The van der Waals surface area contributed by atoms with Gasteiger partial charge in [-0.1, -0.05) is 42.5 Å². The number of rotatable bonds is 5. The molecule has 0 amide bonds. The van der Waals surface area contributed by atoms with Crippen molar-refractivity contribution in [1.29, 1.82) is 0 Å². The van der Waals surface area contributed by atoms with Gasteiger partial charge in [0.05, 0.1) is 5.75 Å². The second-order valence-electron chi connectivity index (χ2n) is 6.21. The Bertz CT molecular complexity index is 909. The van der Waals surface area contributed by atoms with Crippen molar-refractivity contribution in [3.8, 4) is 0 Å². The third-order valence-corrected chi connectivity index (χ3v) is 5.80. The summed E-state index contributed by atoms with van der Waals surface area (Å²) in [6.07, 6.45) is 1.01. The van der Waals surface area contributed by atoms with E-state index in [4.69, 9.17) is 0 Å². The van der Waals surface area contributed by atoms with Crippen molar-refractivity contribution in [3.05, 3.63) is 65.2 Å². The molecule has 1 heterocycles. The van der Waals surface area contributed by atoms with E-state index in [1.807, 2.05) is 30.3 Å². The van der Waals surface area contributed by atoms with Crippen molar-refractivity contribution in [3.63, 3.8) is 0 Å². The molecule has 2 aromatic carbocycles. The fraction of sp³-hybridized carbons (Fsp3) is 0.316. The van der Waals surface area contributed by atoms with Gasteiger partial charge in [-0.2, -0.15) is 0 Å². The summed E-state index contributed by atoms with van der Waals surface area (Å²) >= 11 is 0. The smallest absolute Gasteiger partial charge is 0.215 e. The zero-order valence-electron chi connectivity index (χ0n) is 15.1. The fourth-order valence-corrected chi connectivity index (χ4v) is 3.92. The van der Waals surface area contributed by atoms with Gasteiger partial charge in [0.15, 0.2) is 5.96 Å². The number of para-hydroxylation sites is 1. The van der Waals surface area contributed by atoms with E-state index in [1.165, 1.54) is 18.3 Å². The van der Waals surface area contributed by atoms with Gasteiger partial charge in [-0.25, -0.2) is 13.1 Å². The third-order valence-electron chi connectivity index (χ3n) is 4.46. The van der Waals surface area contributed by atoms with Gasteiger partial charge >= 0.3 is 0 Å². The number of nitrogens with zero attached hydrogens (tertiary/aromatic N) is 2. The molecule has 0 aromatic heterocycles. The van der Waals surface area contributed by atoms with Crippen molar-refractivity contribution < 1.29 is 8.42 Å². The maximum absolute atomic E-state index is 11.7. The lowest BCUT2D eigenvalue weighted by molar-refractivity contribution is 0.587. The summed E-state index contributed by atoms with van der Waals surface area (Å²) in [5, 5.41) is 3.38. The highest BCUT2D eigenvalue weighted by molar-refractivity contribution is 7.88. The highest BCUT2D eigenvalue weighted by atomic mass is 32.2. The highest BCUT2D eigenvalue weighted by Crippen LogP contribution is 2.27. The summed E-state index contributed by atoms with van der Waals surface area (Å²) in [7, 11) is -0.0680. The standard InChI is InChI=1S/C19H24N4O2S/c1-20-19(23-11-10-17-8-3-4-9-18(17)23)22-13-15-6-5-7-16(12-15)14-26(24,25)21-2/h3-9,12,21H,10-11,13-14H2,1-2H3,(H,20,22). The first-order valence-corrected chi connectivity index (χ1v) is 10.2.